The van der Waals surface area contributed by atoms with Crippen LogP contribution < -0.4 is 9.64 Å². The minimum absolute atomic E-state index is 0.0426. The molecule has 0 bridgehead atoms. The van der Waals surface area contributed by atoms with Crippen molar-refractivity contribution >= 4 is 11.6 Å². The Morgan fingerprint density at radius 1 is 1.19 bits per heavy atom. The van der Waals surface area contributed by atoms with Gasteiger partial charge in [0.1, 0.15) is 18.9 Å². The summed E-state index contributed by atoms with van der Waals surface area (Å²) in [5.74, 6) is 0.879. The van der Waals surface area contributed by atoms with Gasteiger partial charge >= 0.3 is 0 Å². The number of aryl methyl sites for hydroxylation is 1. The third-order valence-electron chi connectivity index (χ3n) is 4.88. The molecular formula is C22H23N3O2. The second kappa shape index (κ2) is 7.27. The molecule has 1 aromatic heterocycles. The summed E-state index contributed by atoms with van der Waals surface area (Å²) in [7, 11) is 0. The largest absolute Gasteiger partial charge is 0.488 e. The minimum atomic E-state index is 0.0426. The van der Waals surface area contributed by atoms with Gasteiger partial charge in [-0.2, -0.15) is 5.10 Å². The molecule has 0 aliphatic carbocycles. The number of rotatable bonds is 5. The molecule has 1 amide bonds. The predicted molar refractivity (Wildman–Crippen MR) is 106 cm³/mol. The Kier molecular flexibility index (Phi) is 4.67. The first-order chi connectivity index (χ1) is 13.2. The number of hydrogen-bond acceptors (Lipinski definition) is 3. The monoisotopic (exact) mass is 361 g/mol. The van der Waals surface area contributed by atoms with Crippen LogP contribution >= 0.6 is 0 Å². The molecule has 0 radical (unpaired) electrons. The third-order valence-corrected chi connectivity index (χ3v) is 4.88. The molecule has 3 aromatic rings. The van der Waals surface area contributed by atoms with Gasteiger partial charge in [0.05, 0.1) is 11.9 Å². The van der Waals surface area contributed by atoms with Gasteiger partial charge in [-0.3, -0.25) is 9.48 Å². The summed E-state index contributed by atoms with van der Waals surface area (Å²) < 4.78 is 7.60. The van der Waals surface area contributed by atoms with E-state index in [0.717, 1.165) is 40.2 Å². The number of benzene rings is 2. The first-order valence-corrected chi connectivity index (χ1v) is 9.32. The van der Waals surface area contributed by atoms with Crippen molar-refractivity contribution in [1.82, 2.24) is 9.78 Å². The van der Waals surface area contributed by atoms with E-state index in [1.54, 1.807) is 10.9 Å². The Balaban J connectivity index is 1.66. The van der Waals surface area contributed by atoms with E-state index in [1.807, 2.05) is 60.4 Å². The van der Waals surface area contributed by atoms with Crippen LogP contribution in [0.1, 0.15) is 24.5 Å². The fourth-order valence-corrected chi connectivity index (χ4v) is 3.59. The highest BCUT2D eigenvalue weighted by Crippen LogP contribution is 2.37. The standard InChI is InChI=1S/C22H23N3O2/c1-3-12-24(19-10-6-4-8-16(19)2)21(26)14-25-22-17(13-23-25)15-27-20-11-7-5-9-18(20)22/h4-11,13H,3,12,14-15H2,1-2H3. The highest BCUT2D eigenvalue weighted by Gasteiger charge is 2.24. The molecule has 0 saturated carbocycles. The number of para-hydroxylation sites is 2. The van der Waals surface area contributed by atoms with Crippen molar-refractivity contribution in [1.29, 1.82) is 0 Å². The SMILES string of the molecule is CCCN(C(=O)Cn1ncc2c1-c1ccccc1OC2)c1ccccc1C. The molecule has 138 valence electrons. The minimum Gasteiger partial charge on any atom is -0.488 e. The highest BCUT2D eigenvalue weighted by molar-refractivity contribution is 5.94. The number of ether oxygens (including phenoxy) is 1. The van der Waals surface area contributed by atoms with Gasteiger partial charge in [0.2, 0.25) is 5.91 Å². The molecule has 0 fully saturated rings. The van der Waals surface area contributed by atoms with Crippen molar-refractivity contribution in [3.63, 3.8) is 0 Å². The molecule has 2 aromatic carbocycles. The van der Waals surface area contributed by atoms with E-state index >= 15 is 0 Å². The van der Waals surface area contributed by atoms with Crippen LogP contribution in [0.4, 0.5) is 5.69 Å². The fraction of sp³-hybridized carbons (Fsp3) is 0.273. The van der Waals surface area contributed by atoms with Gasteiger partial charge in [-0.15, -0.1) is 0 Å². The lowest BCUT2D eigenvalue weighted by molar-refractivity contribution is -0.119. The van der Waals surface area contributed by atoms with Crippen LogP contribution in [0, 0.1) is 6.92 Å². The van der Waals surface area contributed by atoms with Gasteiger partial charge < -0.3 is 9.64 Å². The van der Waals surface area contributed by atoms with Crippen LogP contribution in [0.3, 0.4) is 0 Å². The lowest BCUT2D eigenvalue weighted by Crippen LogP contribution is -2.35. The van der Waals surface area contributed by atoms with Gasteiger partial charge in [0.25, 0.3) is 0 Å². The summed E-state index contributed by atoms with van der Waals surface area (Å²) in [5, 5.41) is 4.48. The number of hydrogen-bond donors (Lipinski definition) is 0. The lowest BCUT2D eigenvalue weighted by atomic mass is 10.0. The number of anilines is 1. The maximum atomic E-state index is 13.2. The maximum Gasteiger partial charge on any atom is 0.248 e. The molecule has 1 aliphatic heterocycles. The van der Waals surface area contributed by atoms with E-state index in [0.29, 0.717) is 13.2 Å². The number of aromatic nitrogens is 2. The van der Waals surface area contributed by atoms with Crippen molar-refractivity contribution in [2.45, 2.75) is 33.4 Å². The first-order valence-electron chi connectivity index (χ1n) is 9.32. The Labute approximate surface area is 159 Å². The summed E-state index contributed by atoms with van der Waals surface area (Å²) >= 11 is 0. The average molecular weight is 361 g/mol. The van der Waals surface area contributed by atoms with Crippen molar-refractivity contribution in [2.75, 3.05) is 11.4 Å². The number of carbonyl (C=O) groups excluding carboxylic acids is 1. The zero-order valence-corrected chi connectivity index (χ0v) is 15.7. The molecule has 2 heterocycles. The fourth-order valence-electron chi connectivity index (χ4n) is 3.59. The summed E-state index contributed by atoms with van der Waals surface area (Å²) in [4.78, 5) is 15.1. The van der Waals surface area contributed by atoms with Crippen LogP contribution in [0.15, 0.2) is 54.7 Å². The zero-order chi connectivity index (χ0) is 18.8. The van der Waals surface area contributed by atoms with Crippen LogP contribution in [0.2, 0.25) is 0 Å². The third kappa shape index (κ3) is 3.21. The van der Waals surface area contributed by atoms with Gasteiger partial charge in [-0.05, 0) is 37.1 Å². The smallest absolute Gasteiger partial charge is 0.248 e. The molecule has 5 heteroatoms. The molecule has 27 heavy (non-hydrogen) atoms. The average Bonchev–Trinajstić information content (AvgIpc) is 3.10. The van der Waals surface area contributed by atoms with Crippen LogP contribution in [0.25, 0.3) is 11.3 Å². The quantitative estimate of drug-likeness (QED) is 0.684. The van der Waals surface area contributed by atoms with E-state index in [4.69, 9.17) is 4.74 Å². The van der Waals surface area contributed by atoms with Crippen LogP contribution in [-0.2, 0) is 17.9 Å². The van der Waals surface area contributed by atoms with Crippen molar-refractivity contribution in [3.05, 3.63) is 65.9 Å². The molecule has 0 unspecified atom stereocenters. The summed E-state index contributed by atoms with van der Waals surface area (Å²) in [6.07, 6.45) is 2.70. The normalized spacial score (nSPS) is 12.1. The molecule has 4 rings (SSSR count). The first kappa shape index (κ1) is 17.3. The molecule has 1 aliphatic rings. The topological polar surface area (TPSA) is 47.4 Å². The molecule has 0 spiro atoms. The van der Waals surface area contributed by atoms with E-state index in [9.17, 15) is 4.79 Å². The van der Waals surface area contributed by atoms with Crippen molar-refractivity contribution < 1.29 is 9.53 Å². The van der Waals surface area contributed by atoms with E-state index in [1.165, 1.54) is 0 Å². The second-order valence-electron chi connectivity index (χ2n) is 6.79. The molecule has 0 N–H and O–H groups in total. The van der Waals surface area contributed by atoms with Crippen molar-refractivity contribution in [3.8, 4) is 17.0 Å². The van der Waals surface area contributed by atoms with Crippen LogP contribution in [-0.4, -0.2) is 22.2 Å². The Bertz CT molecular complexity index is 977. The Morgan fingerprint density at radius 3 is 2.78 bits per heavy atom. The van der Waals surface area contributed by atoms with E-state index in [-0.39, 0.29) is 12.5 Å². The van der Waals surface area contributed by atoms with Gasteiger partial charge in [0.15, 0.2) is 0 Å². The van der Waals surface area contributed by atoms with Gasteiger partial charge in [-0.1, -0.05) is 37.3 Å². The van der Waals surface area contributed by atoms with Crippen molar-refractivity contribution in [2.24, 2.45) is 0 Å². The summed E-state index contributed by atoms with van der Waals surface area (Å²) in [6.45, 7) is 5.50. The van der Waals surface area contributed by atoms with E-state index in [2.05, 4.69) is 12.0 Å². The Morgan fingerprint density at radius 2 is 1.96 bits per heavy atom. The Hall–Kier alpha value is -3.08. The second-order valence-corrected chi connectivity index (χ2v) is 6.79. The molecule has 0 atom stereocenters. The van der Waals surface area contributed by atoms with Gasteiger partial charge in [0, 0.05) is 23.4 Å². The molecule has 0 saturated heterocycles. The number of amides is 1. The summed E-state index contributed by atoms with van der Waals surface area (Å²) in [6, 6.07) is 15.9. The predicted octanol–water partition coefficient (Wildman–Crippen LogP) is 4.19. The zero-order valence-electron chi connectivity index (χ0n) is 15.7. The van der Waals surface area contributed by atoms with Crippen LogP contribution in [0.5, 0.6) is 5.75 Å². The van der Waals surface area contributed by atoms with E-state index < -0.39 is 0 Å². The lowest BCUT2D eigenvalue weighted by Gasteiger charge is -2.25. The van der Waals surface area contributed by atoms with Gasteiger partial charge in [-0.25, -0.2) is 0 Å². The summed E-state index contributed by atoms with van der Waals surface area (Å²) in [5.41, 5.74) is 5.04. The number of fused-ring (bicyclic) bond motifs is 3. The molecule has 5 nitrogen and oxygen atoms in total. The number of nitrogens with zero attached hydrogens (tertiary/aromatic N) is 3. The maximum absolute atomic E-state index is 13.2. The highest BCUT2D eigenvalue weighted by atomic mass is 16.5. The molecular weight excluding hydrogens is 338 g/mol. The number of carbonyl (C=O) groups is 1.